The third-order valence-corrected chi connectivity index (χ3v) is 4.55. The van der Waals surface area contributed by atoms with Crippen molar-refractivity contribution >= 4 is 39.7 Å². The topological polar surface area (TPSA) is 16.1 Å². The predicted octanol–water partition coefficient (Wildman–Crippen LogP) is 3.77. The van der Waals surface area contributed by atoms with E-state index in [-0.39, 0.29) is 0 Å². The second-order valence-electron chi connectivity index (χ2n) is 3.83. The summed E-state index contributed by atoms with van der Waals surface area (Å²) in [5, 5.41) is 1.59. The third-order valence-electron chi connectivity index (χ3n) is 2.59. The highest BCUT2D eigenvalue weighted by atomic mass is 35.5. The highest BCUT2D eigenvalue weighted by Gasteiger charge is 2.25. The minimum absolute atomic E-state index is 0.456. The zero-order chi connectivity index (χ0) is 10.8. The zero-order valence-electron chi connectivity index (χ0n) is 8.67. The maximum Gasteiger partial charge on any atom is 0.187 e. The van der Waals surface area contributed by atoms with E-state index in [0.29, 0.717) is 11.0 Å². The van der Waals surface area contributed by atoms with Gasteiger partial charge in [-0.15, -0.1) is 11.6 Å². The summed E-state index contributed by atoms with van der Waals surface area (Å²) >= 11 is 13.4. The first kappa shape index (κ1) is 11.5. The molecule has 0 N–H and O–H groups in total. The molecule has 0 saturated heterocycles. The molecule has 1 fully saturated rings. The van der Waals surface area contributed by atoms with Crippen LogP contribution in [0.2, 0.25) is 5.15 Å². The molecule has 0 bridgehead atoms. The molecule has 1 saturated carbocycles. The molecule has 0 amide bonds. The van der Waals surface area contributed by atoms with E-state index >= 15 is 0 Å². The summed E-state index contributed by atoms with van der Waals surface area (Å²) < 4.78 is 0. The second-order valence-corrected chi connectivity index (χ2v) is 5.51. The lowest BCUT2D eigenvalue weighted by Gasteiger charge is -2.18. The Kier molecular flexibility index (Phi) is 3.75. The van der Waals surface area contributed by atoms with Gasteiger partial charge in [-0.1, -0.05) is 22.9 Å². The fraction of sp³-hybridized carbons (Fsp3) is 0.700. The fourth-order valence-electron chi connectivity index (χ4n) is 1.49. The molecule has 0 radical (unpaired) electrons. The van der Waals surface area contributed by atoms with Crippen molar-refractivity contribution in [3.05, 3.63) is 10.0 Å². The van der Waals surface area contributed by atoms with Gasteiger partial charge >= 0.3 is 0 Å². The van der Waals surface area contributed by atoms with E-state index in [0.717, 1.165) is 29.0 Å². The summed E-state index contributed by atoms with van der Waals surface area (Å²) in [6.45, 7) is 4.25. The van der Waals surface area contributed by atoms with Gasteiger partial charge in [-0.05, 0) is 25.7 Å². The van der Waals surface area contributed by atoms with Gasteiger partial charge in [0.15, 0.2) is 5.13 Å². The van der Waals surface area contributed by atoms with E-state index in [9.17, 15) is 0 Å². The van der Waals surface area contributed by atoms with Crippen LogP contribution in [0.4, 0.5) is 5.13 Å². The highest BCUT2D eigenvalue weighted by molar-refractivity contribution is 7.16. The number of nitrogens with zero attached hydrogens (tertiary/aromatic N) is 2. The number of rotatable bonds is 5. The summed E-state index contributed by atoms with van der Waals surface area (Å²) in [5.41, 5.74) is 0. The molecule has 84 valence electrons. The van der Waals surface area contributed by atoms with Crippen LogP contribution in [0.1, 0.15) is 24.6 Å². The van der Waals surface area contributed by atoms with Gasteiger partial charge in [0.1, 0.15) is 5.15 Å². The first-order chi connectivity index (χ1) is 7.24. The second kappa shape index (κ2) is 4.89. The Labute approximate surface area is 104 Å². The molecule has 1 aromatic heterocycles. The molecular weight excluding hydrogens is 251 g/mol. The standard InChI is InChI=1S/C10H14Cl2N2S/c1-2-14(6-7-3-4-7)10-13-9(12)8(5-11)15-10/h7H,2-6H2,1H3. The van der Waals surface area contributed by atoms with Crippen molar-refractivity contribution in [2.24, 2.45) is 5.92 Å². The van der Waals surface area contributed by atoms with Crippen LogP contribution in [0.25, 0.3) is 0 Å². The molecule has 1 heterocycles. The summed E-state index contributed by atoms with van der Waals surface area (Å²) in [7, 11) is 0. The number of halogens is 2. The van der Waals surface area contributed by atoms with Gasteiger partial charge in [-0.2, -0.15) is 0 Å². The molecule has 1 aliphatic carbocycles. The Balaban J connectivity index is 2.10. The van der Waals surface area contributed by atoms with Gasteiger partial charge < -0.3 is 4.90 Å². The first-order valence-corrected chi connectivity index (χ1v) is 6.93. The van der Waals surface area contributed by atoms with Gasteiger partial charge in [0.05, 0.1) is 10.8 Å². The number of aromatic nitrogens is 1. The first-order valence-electron chi connectivity index (χ1n) is 5.20. The number of hydrogen-bond donors (Lipinski definition) is 0. The van der Waals surface area contributed by atoms with Crippen LogP contribution in [-0.4, -0.2) is 18.1 Å². The van der Waals surface area contributed by atoms with E-state index in [1.54, 1.807) is 11.3 Å². The monoisotopic (exact) mass is 264 g/mol. The van der Waals surface area contributed by atoms with Crippen molar-refractivity contribution in [1.82, 2.24) is 4.98 Å². The van der Waals surface area contributed by atoms with Gasteiger partial charge in [-0.25, -0.2) is 4.98 Å². The van der Waals surface area contributed by atoms with Gasteiger partial charge in [-0.3, -0.25) is 0 Å². The van der Waals surface area contributed by atoms with Crippen molar-refractivity contribution < 1.29 is 0 Å². The highest BCUT2D eigenvalue weighted by Crippen LogP contribution is 2.35. The van der Waals surface area contributed by atoms with Crippen molar-refractivity contribution in [1.29, 1.82) is 0 Å². The molecule has 5 heteroatoms. The predicted molar refractivity (Wildman–Crippen MR) is 67.3 cm³/mol. The fourth-order valence-corrected chi connectivity index (χ4v) is 3.04. The largest absolute Gasteiger partial charge is 0.348 e. The molecular formula is C10H14Cl2N2S. The average Bonchev–Trinajstić information content (AvgIpc) is 2.98. The molecule has 0 atom stereocenters. The van der Waals surface area contributed by atoms with Crippen LogP contribution in [0, 0.1) is 5.92 Å². The Bertz CT molecular complexity index is 336. The average molecular weight is 265 g/mol. The van der Waals surface area contributed by atoms with Crippen LogP contribution in [-0.2, 0) is 5.88 Å². The summed E-state index contributed by atoms with van der Waals surface area (Å²) in [6, 6.07) is 0. The van der Waals surface area contributed by atoms with Crippen LogP contribution in [0.3, 0.4) is 0 Å². The minimum Gasteiger partial charge on any atom is -0.348 e. The number of alkyl halides is 1. The Morgan fingerprint density at radius 3 is 2.73 bits per heavy atom. The summed E-state index contributed by atoms with van der Waals surface area (Å²) in [5.74, 6) is 1.32. The summed E-state index contributed by atoms with van der Waals surface area (Å²) in [6.07, 6.45) is 2.72. The lowest BCUT2D eigenvalue weighted by Crippen LogP contribution is -2.24. The molecule has 2 nitrogen and oxygen atoms in total. The maximum atomic E-state index is 5.99. The van der Waals surface area contributed by atoms with E-state index in [1.807, 2.05) is 0 Å². The minimum atomic E-state index is 0.456. The van der Waals surface area contributed by atoms with Gasteiger partial charge in [0, 0.05) is 13.1 Å². The van der Waals surface area contributed by atoms with Gasteiger partial charge in [0.2, 0.25) is 0 Å². The molecule has 2 rings (SSSR count). The molecule has 0 aromatic carbocycles. The van der Waals surface area contributed by atoms with Crippen molar-refractivity contribution in [2.45, 2.75) is 25.6 Å². The molecule has 0 unspecified atom stereocenters. The van der Waals surface area contributed by atoms with Crippen molar-refractivity contribution in [3.8, 4) is 0 Å². The zero-order valence-corrected chi connectivity index (χ0v) is 11.0. The van der Waals surface area contributed by atoms with Crippen LogP contribution in [0.15, 0.2) is 0 Å². The summed E-state index contributed by atoms with van der Waals surface area (Å²) in [4.78, 5) is 7.63. The van der Waals surface area contributed by atoms with Gasteiger partial charge in [0.25, 0.3) is 0 Å². The number of hydrogen-bond acceptors (Lipinski definition) is 3. The molecule has 0 spiro atoms. The van der Waals surface area contributed by atoms with Crippen LogP contribution >= 0.6 is 34.5 Å². The lowest BCUT2D eigenvalue weighted by atomic mass is 10.4. The molecule has 1 aliphatic rings. The SMILES string of the molecule is CCN(CC1CC1)c1nc(Cl)c(CCl)s1. The Morgan fingerprint density at radius 1 is 1.53 bits per heavy atom. The maximum absolute atomic E-state index is 5.99. The van der Waals surface area contributed by atoms with E-state index < -0.39 is 0 Å². The number of anilines is 1. The van der Waals surface area contributed by atoms with Crippen molar-refractivity contribution in [2.75, 3.05) is 18.0 Å². The van der Waals surface area contributed by atoms with E-state index in [2.05, 4.69) is 16.8 Å². The quantitative estimate of drug-likeness (QED) is 0.753. The Morgan fingerprint density at radius 2 is 2.27 bits per heavy atom. The van der Waals surface area contributed by atoms with E-state index in [4.69, 9.17) is 23.2 Å². The van der Waals surface area contributed by atoms with Crippen LogP contribution < -0.4 is 4.90 Å². The molecule has 1 aromatic rings. The van der Waals surface area contributed by atoms with Crippen LogP contribution in [0.5, 0.6) is 0 Å². The molecule has 15 heavy (non-hydrogen) atoms. The Hall–Kier alpha value is 0.01000. The normalized spacial score (nSPS) is 15.7. The van der Waals surface area contributed by atoms with E-state index in [1.165, 1.54) is 12.8 Å². The number of thiazole rings is 1. The lowest BCUT2D eigenvalue weighted by molar-refractivity contribution is 0.739. The molecule has 0 aliphatic heterocycles. The third kappa shape index (κ3) is 2.77. The smallest absolute Gasteiger partial charge is 0.187 e. The van der Waals surface area contributed by atoms with Crippen molar-refractivity contribution in [3.63, 3.8) is 0 Å².